The van der Waals surface area contributed by atoms with Crippen LogP contribution < -0.4 is 0 Å². The van der Waals surface area contributed by atoms with Crippen LogP contribution in [0, 0.1) is 5.82 Å². The molecule has 1 fully saturated rings. The molecule has 140 valence electrons. The van der Waals surface area contributed by atoms with Crippen LogP contribution in [0.4, 0.5) is 17.6 Å². The lowest BCUT2D eigenvalue weighted by Gasteiger charge is -2.14. The molecule has 1 aromatic carbocycles. The quantitative estimate of drug-likeness (QED) is 0.424. The number of thioether (sulfide) groups is 1. The molecule has 0 bridgehead atoms. The van der Waals surface area contributed by atoms with Crippen LogP contribution in [0.3, 0.4) is 0 Å². The predicted octanol–water partition coefficient (Wildman–Crippen LogP) is 4.56. The second-order valence-corrected chi connectivity index (χ2v) is 7.23. The highest BCUT2D eigenvalue weighted by Crippen LogP contribution is 2.39. The van der Waals surface area contributed by atoms with Crippen molar-refractivity contribution in [3.8, 4) is 0 Å². The van der Waals surface area contributed by atoms with Gasteiger partial charge in [-0.15, -0.1) is 0 Å². The lowest BCUT2D eigenvalue weighted by atomic mass is 10.1. The van der Waals surface area contributed by atoms with E-state index < -0.39 is 40.0 Å². The molecule has 0 aliphatic carbocycles. The second kappa shape index (κ2) is 7.93. The normalized spacial score (nSPS) is 16.7. The second-order valence-electron chi connectivity index (χ2n) is 5.15. The van der Waals surface area contributed by atoms with E-state index in [0.717, 1.165) is 17.0 Å². The molecule has 0 unspecified atom stereocenters. The van der Waals surface area contributed by atoms with Gasteiger partial charge in [0, 0.05) is 18.5 Å². The van der Waals surface area contributed by atoms with Crippen LogP contribution >= 0.6 is 35.6 Å². The van der Waals surface area contributed by atoms with Crippen LogP contribution in [0.5, 0.6) is 0 Å². The number of carbonyl (C=O) groups excluding carboxylic acids is 1. The molecule has 4 nitrogen and oxygen atoms in total. The average molecular weight is 428 g/mol. The number of hydrogen-bond acceptors (Lipinski definition) is 4. The fraction of sp³-hybridized carbons (Fsp3) is 0.267. The Balaban J connectivity index is 2.36. The molecule has 1 heterocycles. The number of benzene rings is 1. The van der Waals surface area contributed by atoms with Crippen molar-refractivity contribution in [2.24, 2.45) is 0 Å². The van der Waals surface area contributed by atoms with Crippen molar-refractivity contribution in [2.45, 2.75) is 19.0 Å². The molecule has 1 amide bonds. The lowest BCUT2D eigenvalue weighted by Crippen LogP contribution is -2.29. The summed E-state index contributed by atoms with van der Waals surface area (Å²) in [6.07, 6.45) is -4.15. The van der Waals surface area contributed by atoms with Gasteiger partial charge in [0.15, 0.2) is 0 Å². The molecular formula is C15H10ClF4NO3S2. The van der Waals surface area contributed by atoms with Crippen LogP contribution in [0.15, 0.2) is 17.0 Å². The summed E-state index contributed by atoms with van der Waals surface area (Å²) in [5, 5.41) is 8.10. The third-order valence-corrected chi connectivity index (χ3v) is 5.03. The van der Waals surface area contributed by atoms with Gasteiger partial charge in [-0.05, 0) is 24.6 Å². The summed E-state index contributed by atoms with van der Waals surface area (Å²) in [4.78, 5) is 23.7. The first-order valence-corrected chi connectivity index (χ1v) is 8.65. The molecule has 2 rings (SSSR count). The fourth-order valence-corrected chi connectivity index (χ4v) is 3.62. The predicted molar refractivity (Wildman–Crippen MR) is 93.2 cm³/mol. The lowest BCUT2D eigenvalue weighted by molar-refractivity contribution is -0.138. The molecule has 1 saturated heterocycles. The smallest absolute Gasteiger partial charge is 0.417 e. The first-order chi connectivity index (χ1) is 12.0. The monoisotopic (exact) mass is 427 g/mol. The summed E-state index contributed by atoms with van der Waals surface area (Å²) in [5.74, 6) is -3.06. The standard InChI is InChI=1S/C15H10ClF4NO3S2/c16-9-4-3-8(15(18,19)20)7(12(9)17)6-10-13(24)21(14(25)26-10)5-1-2-11(22)23/h3-4,6H,1-2,5H2,(H,22,23)/b10-6-. The zero-order chi connectivity index (χ0) is 19.6. The summed E-state index contributed by atoms with van der Waals surface area (Å²) >= 11 is 11.3. The number of carboxylic acid groups (broad SMARTS) is 1. The van der Waals surface area contributed by atoms with Gasteiger partial charge in [0.1, 0.15) is 10.1 Å². The number of hydrogen-bond donors (Lipinski definition) is 1. The first-order valence-electron chi connectivity index (χ1n) is 7.04. The van der Waals surface area contributed by atoms with Gasteiger partial charge in [-0.2, -0.15) is 13.2 Å². The minimum atomic E-state index is -4.84. The van der Waals surface area contributed by atoms with E-state index in [1.165, 1.54) is 0 Å². The third kappa shape index (κ3) is 4.54. The first kappa shape index (κ1) is 20.7. The Morgan fingerprint density at radius 2 is 2.04 bits per heavy atom. The fourth-order valence-electron chi connectivity index (χ4n) is 2.17. The summed E-state index contributed by atoms with van der Waals surface area (Å²) in [5.41, 5.74) is -2.12. The Morgan fingerprint density at radius 1 is 1.38 bits per heavy atom. The number of thiocarbonyl (C=S) groups is 1. The van der Waals surface area contributed by atoms with Crippen LogP contribution in [-0.2, 0) is 15.8 Å². The minimum absolute atomic E-state index is 0.00153. The maximum Gasteiger partial charge on any atom is 0.417 e. The summed E-state index contributed by atoms with van der Waals surface area (Å²) in [6.45, 7) is -0.00153. The van der Waals surface area contributed by atoms with Crippen molar-refractivity contribution in [3.63, 3.8) is 0 Å². The van der Waals surface area contributed by atoms with Gasteiger partial charge in [0.25, 0.3) is 5.91 Å². The van der Waals surface area contributed by atoms with E-state index in [-0.39, 0.29) is 28.6 Å². The largest absolute Gasteiger partial charge is 0.481 e. The van der Waals surface area contributed by atoms with E-state index in [4.69, 9.17) is 28.9 Å². The molecule has 0 spiro atoms. The number of alkyl halides is 3. The Bertz CT molecular complexity index is 811. The number of aliphatic carboxylic acids is 1. The number of rotatable bonds is 5. The number of carbonyl (C=O) groups is 2. The Kier molecular flexibility index (Phi) is 6.30. The summed E-state index contributed by atoms with van der Waals surface area (Å²) in [6, 6.07) is 1.42. The van der Waals surface area contributed by atoms with Gasteiger partial charge in [-0.25, -0.2) is 4.39 Å². The van der Waals surface area contributed by atoms with Crippen molar-refractivity contribution >= 4 is 57.9 Å². The molecule has 1 aliphatic heterocycles. The van der Waals surface area contributed by atoms with Gasteiger partial charge in [-0.1, -0.05) is 35.6 Å². The molecule has 0 aromatic heterocycles. The highest BCUT2D eigenvalue weighted by atomic mass is 35.5. The third-order valence-electron chi connectivity index (χ3n) is 3.36. The van der Waals surface area contributed by atoms with E-state index >= 15 is 0 Å². The summed E-state index contributed by atoms with van der Waals surface area (Å²) in [7, 11) is 0. The van der Waals surface area contributed by atoms with E-state index in [9.17, 15) is 27.2 Å². The highest BCUT2D eigenvalue weighted by molar-refractivity contribution is 8.26. The van der Waals surface area contributed by atoms with Crippen molar-refractivity contribution < 1.29 is 32.3 Å². The van der Waals surface area contributed by atoms with E-state index in [1.807, 2.05) is 0 Å². The van der Waals surface area contributed by atoms with Gasteiger partial charge in [-0.3, -0.25) is 14.5 Å². The van der Waals surface area contributed by atoms with Gasteiger partial charge < -0.3 is 5.11 Å². The van der Waals surface area contributed by atoms with E-state index in [1.54, 1.807) is 0 Å². The highest BCUT2D eigenvalue weighted by Gasteiger charge is 2.37. The van der Waals surface area contributed by atoms with E-state index in [0.29, 0.717) is 17.8 Å². The molecule has 1 aromatic rings. The topological polar surface area (TPSA) is 57.6 Å². The molecule has 26 heavy (non-hydrogen) atoms. The Hall–Kier alpha value is -1.65. The van der Waals surface area contributed by atoms with Gasteiger partial charge >= 0.3 is 12.1 Å². The zero-order valence-electron chi connectivity index (χ0n) is 12.8. The maximum atomic E-state index is 14.1. The molecule has 0 saturated carbocycles. The maximum absolute atomic E-state index is 14.1. The molecule has 0 atom stereocenters. The van der Waals surface area contributed by atoms with Crippen molar-refractivity contribution in [3.05, 3.63) is 39.0 Å². The molecule has 1 aliphatic rings. The summed E-state index contributed by atoms with van der Waals surface area (Å²) < 4.78 is 53.5. The van der Waals surface area contributed by atoms with Gasteiger partial charge in [0.2, 0.25) is 0 Å². The number of amides is 1. The number of carboxylic acids is 1. The Morgan fingerprint density at radius 3 is 2.62 bits per heavy atom. The van der Waals surface area contributed by atoms with Crippen LogP contribution in [0.25, 0.3) is 6.08 Å². The van der Waals surface area contributed by atoms with Crippen LogP contribution in [0.2, 0.25) is 5.02 Å². The Labute approximate surface area is 159 Å². The van der Waals surface area contributed by atoms with Crippen LogP contribution in [-0.4, -0.2) is 32.7 Å². The van der Waals surface area contributed by atoms with Gasteiger partial charge in [0.05, 0.1) is 15.5 Å². The van der Waals surface area contributed by atoms with Crippen molar-refractivity contribution in [1.82, 2.24) is 4.90 Å². The average Bonchev–Trinajstić information content (AvgIpc) is 2.78. The van der Waals surface area contributed by atoms with Crippen LogP contribution in [0.1, 0.15) is 24.0 Å². The minimum Gasteiger partial charge on any atom is -0.481 e. The number of nitrogens with zero attached hydrogens (tertiary/aromatic N) is 1. The van der Waals surface area contributed by atoms with Crippen molar-refractivity contribution in [2.75, 3.05) is 6.54 Å². The van der Waals surface area contributed by atoms with E-state index in [2.05, 4.69) is 0 Å². The molecule has 1 N–H and O–H groups in total. The molecule has 11 heteroatoms. The molecular weight excluding hydrogens is 418 g/mol. The SMILES string of the molecule is O=C(O)CCCN1C(=O)/C(=C/c2c(C(F)(F)F)ccc(Cl)c2F)SC1=S. The zero-order valence-corrected chi connectivity index (χ0v) is 15.2. The van der Waals surface area contributed by atoms with Crippen molar-refractivity contribution in [1.29, 1.82) is 0 Å². The molecule has 0 radical (unpaired) electrons. The number of halogens is 5.